The van der Waals surface area contributed by atoms with Crippen molar-refractivity contribution in [1.29, 1.82) is 0 Å². The number of rotatable bonds is 8. The number of piperidine rings is 1. The molecule has 1 fully saturated rings. The SMILES string of the molecule is CNCCC1CCN(C(=O)C(NS(=O)(=O)c2ccccc2F)C(C)C)CC1.Cl. The molecule has 1 amide bonds. The van der Waals surface area contributed by atoms with Crippen LogP contribution >= 0.6 is 12.4 Å². The van der Waals surface area contributed by atoms with Gasteiger partial charge in [0, 0.05) is 13.1 Å². The molecule has 160 valence electrons. The second-order valence-corrected chi connectivity index (χ2v) is 9.12. The van der Waals surface area contributed by atoms with Gasteiger partial charge in [-0.1, -0.05) is 26.0 Å². The molecule has 9 heteroatoms. The predicted octanol–water partition coefficient (Wildman–Crippen LogP) is 2.40. The second-order valence-electron chi connectivity index (χ2n) is 7.43. The Labute approximate surface area is 173 Å². The van der Waals surface area contributed by atoms with Crippen LogP contribution in [0.1, 0.15) is 33.1 Å². The van der Waals surface area contributed by atoms with E-state index in [-0.39, 0.29) is 24.2 Å². The summed E-state index contributed by atoms with van der Waals surface area (Å²) in [5, 5.41) is 3.14. The van der Waals surface area contributed by atoms with Crippen molar-refractivity contribution in [2.45, 2.75) is 44.0 Å². The number of nitrogens with one attached hydrogen (secondary N) is 2. The van der Waals surface area contributed by atoms with E-state index in [1.807, 2.05) is 7.05 Å². The summed E-state index contributed by atoms with van der Waals surface area (Å²) in [6.45, 7) is 5.77. The molecule has 1 heterocycles. The summed E-state index contributed by atoms with van der Waals surface area (Å²) in [5.74, 6) is -0.738. The molecular weight excluding hydrogens is 405 g/mol. The number of benzene rings is 1. The maximum absolute atomic E-state index is 13.9. The van der Waals surface area contributed by atoms with Gasteiger partial charge in [-0.15, -0.1) is 12.4 Å². The summed E-state index contributed by atoms with van der Waals surface area (Å²) in [5.41, 5.74) is 0. The van der Waals surface area contributed by atoms with E-state index in [2.05, 4.69) is 10.0 Å². The first-order valence-corrected chi connectivity index (χ1v) is 10.9. The Kier molecular flexibility index (Phi) is 9.83. The molecule has 1 aliphatic heterocycles. The quantitative estimate of drug-likeness (QED) is 0.657. The highest BCUT2D eigenvalue weighted by Crippen LogP contribution is 2.22. The molecule has 1 aromatic carbocycles. The first-order chi connectivity index (χ1) is 12.8. The molecule has 0 aliphatic carbocycles. The Balaban J connectivity index is 0.00000392. The third-order valence-corrected chi connectivity index (χ3v) is 6.54. The van der Waals surface area contributed by atoms with E-state index in [0.29, 0.717) is 19.0 Å². The van der Waals surface area contributed by atoms with Crippen LogP contribution in [0.3, 0.4) is 0 Å². The van der Waals surface area contributed by atoms with Crippen LogP contribution in [0.2, 0.25) is 0 Å². The number of halogens is 2. The fourth-order valence-electron chi connectivity index (χ4n) is 3.35. The van der Waals surface area contributed by atoms with E-state index in [0.717, 1.165) is 31.9 Å². The van der Waals surface area contributed by atoms with E-state index in [4.69, 9.17) is 0 Å². The highest BCUT2D eigenvalue weighted by molar-refractivity contribution is 7.89. The van der Waals surface area contributed by atoms with E-state index in [9.17, 15) is 17.6 Å². The number of hydrogen-bond acceptors (Lipinski definition) is 4. The van der Waals surface area contributed by atoms with Crippen molar-refractivity contribution in [2.75, 3.05) is 26.7 Å². The summed E-state index contributed by atoms with van der Waals surface area (Å²) in [6.07, 6.45) is 2.91. The molecule has 0 bridgehead atoms. The van der Waals surface area contributed by atoms with Gasteiger partial charge in [0.05, 0.1) is 0 Å². The van der Waals surface area contributed by atoms with Gasteiger partial charge in [0.25, 0.3) is 0 Å². The Morgan fingerprint density at radius 3 is 2.39 bits per heavy atom. The van der Waals surface area contributed by atoms with Gasteiger partial charge in [0.2, 0.25) is 15.9 Å². The van der Waals surface area contributed by atoms with Crippen molar-refractivity contribution in [3.05, 3.63) is 30.1 Å². The zero-order chi connectivity index (χ0) is 20.0. The average molecular weight is 436 g/mol. The molecular formula is C19H31ClFN3O3S. The normalized spacial score (nSPS) is 16.7. The molecule has 28 heavy (non-hydrogen) atoms. The van der Waals surface area contributed by atoms with E-state index in [1.54, 1.807) is 18.7 Å². The molecule has 1 saturated heterocycles. The molecule has 2 N–H and O–H groups in total. The highest BCUT2D eigenvalue weighted by Gasteiger charge is 2.34. The van der Waals surface area contributed by atoms with Crippen LogP contribution < -0.4 is 10.0 Å². The average Bonchev–Trinajstić information content (AvgIpc) is 2.64. The fourth-order valence-corrected chi connectivity index (χ4v) is 4.77. The van der Waals surface area contributed by atoms with E-state index >= 15 is 0 Å². The van der Waals surface area contributed by atoms with Crippen LogP contribution in [-0.2, 0) is 14.8 Å². The molecule has 0 radical (unpaired) electrons. The summed E-state index contributed by atoms with van der Waals surface area (Å²) in [6, 6.07) is 4.27. The van der Waals surface area contributed by atoms with Crippen LogP contribution in [0.5, 0.6) is 0 Å². The van der Waals surface area contributed by atoms with Crippen molar-refractivity contribution < 1.29 is 17.6 Å². The van der Waals surface area contributed by atoms with Crippen molar-refractivity contribution in [2.24, 2.45) is 11.8 Å². The topological polar surface area (TPSA) is 78.5 Å². The predicted molar refractivity (Wildman–Crippen MR) is 110 cm³/mol. The smallest absolute Gasteiger partial charge is 0.244 e. The minimum Gasteiger partial charge on any atom is -0.341 e. The lowest BCUT2D eigenvalue weighted by molar-refractivity contribution is -0.135. The molecule has 0 saturated carbocycles. The molecule has 2 rings (SSSR count). The minimum absolute atomic E-state index is 0. The van der Waals surface area contributed by atoms with Crippen LogP contribution in [0.4, 0.5) is 4.39 Å². The van der Waals surface area contributed by atoms with Crippen LogP contribution in [-0.4, -0.2) is 51.9 Å². The first-order valence-electron chi connectivity index (χ1n) is 9.46. The number of likely N-dealkylation sites (tertiary alicyclic amines) is 1. The largest absolute Gasteiger partial charge is 0.341 e. The zero-order valence-electron chi connectivity index (χ0n) is 16.7. The number of sulfonamides is 1. The lowest BCUT2D eigenvalue weighted by atomic mass is 9.92. The van der Waals surface area contributed by atoms with Gasteiger partial charge in [-0.25, -0.2) is 12.8 Å². The van der Waals surface area contributed by atoms with Gasteiger partial charge in [-0.3, -0.25) is 4.79 Å². The first kappa shape index (κ1) is 24.8. The van der Waals surface area contributed by atoms with Gasteiger partial charge in [0.15, 0.2) is 0 Å². The molecule has 0 spiro atoms. The monoisotopic (exact) mass is 435 g/mol. The molecule has 1 unspecified atom stereocenters. The summed E-state index contributed by atoms with van der Waals surface area (Å²) >= 11 is 0. The minimum atomic E-state index is -4.12. The number of carbonyl (C=O) groups excluding carboxylic acids is 1. The number of hydrogen-bond donors (Lipinski definition) is 2. The number of carbonyl (C=O) groups is 1. The van der Waals surface area contributed by atoms with Gasteiger partial charge in [0.1, 0.15) is 16.8 Å². The Bertz CT molecular complexity index is 738. The van der Waals surface area contributed by atoms with Crippen LogP contribution in [0.25, 0.3) is 0 Å². The van der Waals surface area contributed by atoms with E-state index in [1.165, 1.54) is 18.2 Å². The molecule has 6 nitrogen and oxygen atoms in total. The van der Waals surface area contributed by atoms with E-state index < -0.39 is 26.8 Å². The van der Waals surface area contributed by atoms with Crippen LogP contribution in [0, 0.1) is 17.7 Å². The van der Waals surface area contributed by atoms with Crippen LogP contribution in [0.15, 0.2) is 29.2 Å². The molecule has 1 aliphatic rings. The Hall–Kier alpha value is -1.22. The standard InChI is InChI=1S/C19H30FN3O3S.ClH/c1-14(2)18(22-27(25,26)17-7-5-4-6-16(17)20)19(24)23-12-9-15(10-13-23)8-11-21-3;/h4-7,14-15,18,21-22H,8-13H2,1-3H3;1H. The summed E-state index contributed by atoms with van der Waals surface area (Å²) in [4.78, 5) is 14.2. The second kappa shape index (κ2) is 11.1. The van der Waals surface area contributed by atoms with Gasteiger partial charge in [-0.05, 0) is 56.8 Å². The third kappa shape index (κ3) is 6.40. The van der Waals surface area contributed by atoms with Gasteiger partial charge < -0.3 is 10.2 Å². The number of amides is 1. The van der Waals surface area contributed by atoms with Crippen molar-refractivity contribution in [3.63, 3.8) is 0 Å². The highest BCUT2D eigenvalue weighted by atomic mass is 35.5. The number of nitrogens with zero attached hydrogens (tertiary/aromatic N) is 1. The molecule has 1 aromatic rings. The van der Waals surface area contributed by atoms with Crippen molar-refractivity contribution in [1.82, 2.24) is 14.9 Å². The maximum atomic E-state index is 13.9. The van der Waals surface area contributed by atoms with Crippen molar-refractivity contribution >= 4 is 28.3 Å². The third-order valence-electron chi connectivity index (χ3n) is 5.07. The van der Waals surface area contributed by atoms with Gasteiger partial charge in [-0.2, -0.15) is 4.72 Å². The Morgan fingerprint density at radius 2 is 1.86 bits per heavy atom. The lowest BCUT2D eigenvalue weighted by Crippen LogP contribution is -2.53. The van der Waals surface area contributed by atoms with Crippen molar-refractivity contribution in [3.8, 4) is 0 Å². The summed E-state index contributed by atoms with van der Waals surface area (Å²) in [7, 11) is -2.20. The zero-order valence-corrected chi connectivity index (χ0v) is 18.3. The summed E-state index contributed by atoms with van der Waals surface area (Å²) < 4.78 is 41.5. The fraction of sp³-hybridized carbons (Fsp3) is 0.632. The van der Waals surface area contributed by atoms with Gasteiger partial charge >= 0.3 is 0 Å². The molecule has 0 aromatic heterocycles. The Morgan fingerprint density at radius 1 is 1.25 bits per heavy atom. The maximum Gasteiger partial charge on any atom is 0.244 e. The molecule has 1 atom stereocenters. The lowest BCUT2D eigenvalue weighted by Gasteiger charge is -2.35.